The van der Waals surface area contributed by atoms with Gasteiger partial charge in [0.1, 0.15) is 5.75 Å². The van der Waals surface area contributed by atoms with Crippen molar-refractivity contribution >= 4 is 11.8 Å². The molecule has 7 nitrogen and oxygen atoms in total. The Bertz CT molecular complexity index is 1170. The highest BCUT2D eigenvalue weighted by atomic mass is 19.4. The van der Waals surface area contributed by atoms with Crippen LogP contribution in [-0.4, -0.2) is 89.3 Å². The van der Waals surface area contributed by atoms with Crippen molar-refractivity contribution in [2.75, 3.05) is 39.3 Å². The molecule has 3 aliphatic heterocycles. The number of carbonyl (C=O) groups is 2. The largest absolute Gasteiger partial charge is 0.478 e. The molecule has 1 fully saturated rings. The number of carbonyl (C=O) groups excluding carboxylic acids is 2. The Balaban J connectivity index is 1.30. The van der Waals surface area contributed by atoms with Crippen molar-refractivity contribution in [3.8, 4) is 5.75 Å². The van der Waals surface area contributed by atoms with Crippen LogP contribution in [0, 0.1) is 5.92 Å². The quantitative estimate of drug-likeness (QED) is 0.642. The van der Waals surface area contributed by atoms with Gasteiger partial charge in [-0.25, -0.2) is 0 Å². The van der Waals surface area contributed by atoms with E-state index in [1.54, 1.807) is 24.3 Å². The van der Waals surface area contributed by atoms with Gasteiger partial charge in [0.15, 0.2) is 6.10 Å². The monoisotopic (exact) mass is 531 g/mol. The van der Waals surface area contributed by atoms with Gasteiger partial charge < -0.3 is 19.6 Å². The maximum absolute atomic E-state index is 13.4. The minimum absolute atomic E-state index is 0.0145. The Hall–Kier alpha value is -3.11. The molecule has 1 saturated heterocycles. The molecule has 0 saturated carbocycles. The molecule has 3 aliphatic rings. The number of piperidine rings is 1. The van der Waals surface area contributed by atoms with Gasteiger partial charge in [0.2, 0.25) is 0 Å². The third-order valence-electron chi connectivity index (χ3n) is 7.64. The summed E-state index contributed by atoms with van der Waals surface area (Å²) in [6.45, 7) is 1.44. The van der Waals surface area contributed by atoms with E-state index in [1.165, 1.54) is 20.9 Å². The number of para-hydroxylation sites is 1. The highest BCUT2D eigenvalue weighted by molar-refractivity contribution is 5.98. The molecule has 0 aromatic heterocycles. The number of fused-ring (bicyclic) bond motifs is 2. The number of β-amino-alcohol motifs (C(OH)–C–C–N with tert-alkyl or cyclic N) is 1. The number of nitrogens with zero attached hydrogens (tertiary/aromatic N) is 3. The van der Waals surface area contributed by atoms with Crippen LogP contribution < -0.4 is 4.74 Å². The highest BCUT2D eigenvalue weighted by Crippen LogP contribution is 2.34. The first kappa shape index (κ1) is 26.5. The molecule has 0 radical (unpaired) electrons. The molecule has 3 heterocycles. The Kier molecular flexibility index (Phi) is 7.63. The highest BCUT2D eigenvalue weighted by Gasteiger charge is 2.44. The number of halogens is 3. The molecule has 2 amide bonds. The van der Waals surface area contributed by atoms with E-state index in [2.05, 4.69) is 17.0 Å². The second kappa shape index (κ2) is 10.9. The van der Waals surface area contributed by atoms with Crippen molar-refractivity contribution < 1.29 is 32.6 Å². The van der Waals surface area contributed by atoms with Crippen LogP contribution in [0.4, 0.5) is 13.2 Å². The van der Waals surface area contributed by atoms with Crippen LogP contribution >= 0.6 is 0 Å². The van der Waals surface area contributed by atoms with Crippen molar-refractivity contribution in [3.05, 3.63) is 65.2 Å². The zero-order valence-corrected chi connectivity index (χ0v) is 21.1. The van der Waals surface area contributed by atoms with E-state index in [4.69, 9.17) is 4.74 Å². The van der Waals surface area contributed by atoms with E-state index in [0.717, 1.165) is 13.0 Å². The third kappa shape index (κ3) is 5.81. The summed E-state index contributed by atoms with van der Waals surface area (Å²) in [4.78, 5) is 31.5. The molecule has 2 aromatic carbocycles. The molecule has 2 unspecified atom stereocenters. The average Bonchev–Trinajstić information content (AvgIpc) is 3.04. The van der Waals surface area contributed by atoms with Crippen LogP contribution in [0.2, 0.25) is 0 Å². The van der Waals surface area contributed by atoms with Crippen molar-refractivity contribution in [1.29, 1.82) is 0 Å². The number of alkyl halides is 3. The van der Waals surface area contributed by atoms with Gasteiger partial charge in [-0.05, 0) is 42.5 Å². The van der Waals surface area contributed by atoms with Crippen LogP contribution in [0.5, 0.6) is 5.75 Å². The van der Waals surface area contributed by atoms with Crippen LogP contribution in [0.3, 0.4) is 0 Å². The van der Waals surface area contributed by atoms with E-state index in [-0.39, 0.29) is 49.7 Å². The topological polar surface area (TPSA) is 73.3 Å². The van der Waals surface area contributed by atoms with Gasteiger partial charge in [0, 0.05) is 39.3 Å². The number of ether oxygens (including phenoxy) is 1. The SMILES string of the molecule is O=C1c2ccccc2OC(C(=O)N2CCCC(C(F)(F)F)C2)CN1C[C@H](O)CN1CCc2ccccc2C1. The number of benzene rings is 2. The molecule has 3 atom stereocenters. The Morgan fingerprint density at radius 2 is 1.76 bits per heavy atom. The van der Waals surface area contributed by atoms with Crippen molar-refractivity contribution in [1.82, 2.24) is 14.7 Å². The maximum atomic E-state index is 13.4. The minimum Gasteiger partial charge on any atom is -0.478 e. The van der Waals surface area contributed by atoms with Crippen LogP contribution in [0.15, 0.2) is 48.5 Å². The molecular weight excluding hydrogens is 499 g/mol. The zero-order valence-electron chi connectivity index (χ0n) is 21.1. The molecule has 1 N–H and O–H groups in total. The zero-order chi connectivity index (χ0) is 26.9. The first-order chi connectivity index (χ1) is 18.2. The summed E-state index contributed by atoms with van der Waals surface area (Å²) in [5.41, 5.74) is 2.76. The van der Waals surface area contributed by atoms with Gasteiger partial charge in [0.25, 0.3) is 11.8 Å². The molecule has 5 rings (SSSR count). The second-order valence-electron chi connectivity index (χ2n) is 10.4. The number of amides is 2. The maximum Gasteiger partial charge on any atom is 0.393 e. The van der Waals surface area contributed by atoms with E-state index in [0.29, 0.717) is 13.1 Å². The molecule has 2 aromatic rings. The average molecular weight is 532 g/mol. The smallest absolute Gasteiger partial charge is 0.393 e. The number of hydrogen-bond donors (Lipinski definition) is 1. The number of aliphatic hydroxyl groups is 1. The summed E-state index contributed by atoms with van der Waals surface area (Å²) in [6.07, 6.45) is -5.31. The molecule has 204 valence electrons. The van der Waals surface area contributed by atoms with E-state index in [9.17, 15) is 27.9 Å². The number of aliphatic hydroxyl groups excluding tert-OH is 1. The number of hydrogen-bond acceptors (Lipinski definition) is 5. The van der Waals surface area contributed by atoms with Gasteiger partial charge in [-0.2, -0.15) is 13.2 Å². The normalized spacial score (nSPS) is 23.2. The van der Waals surface area contributed by atoms with Crippen molar-refractivity contribution in [2.45, 2.75) is 44.2 Å². The molecule has 10 heteroatoms. The molecule has 0 aliphatic carbocycles. The molecular formula is C28H32F3N3O4. The molecule has 0 bridgehead atoms. The third-order valence-corrected chi connectivity index (χ3v) is 7.64. The lowest BCUT2D eigenvalue weighted by Crippen LogP contribution is -2.53. The number of likely N-dealkylation sites (tertiary alicyclic amines) is 1. The Morgan fingerprint density at radius 1 is 1.03 bits per heavy atom. The lowest BCUT2D eigenvalue weighted by Gasteiger charge is -2.36. The van der Waals surface area contributed by atoms with E-state index >= 15 is 0 Å². The van der Waals surface area contributed by atoms with Crippen LogP contribution in [0.1, 0.15) is 34.3 Å². The van der Waals surface area contributed by atoms with E-state index in [1.807, 2.05) is 12.1 Å². The molecule has 0 spiro atoms. The molecule has 38 heavy (non-hydrogen) atoms. The van der Waals surface area contributed by atoms with Gasteiger partial charge >= 0.3 is 6.18 Å². The predicted molar refractivity (Wildman–Crippen MR) is 134 cm³/mol. The second-order valence-corrected chi connectivity index (χ2v) is 10.4. The summed E-state index contributed by atoms with van der Waals surface area (Å²) in [7, 11) is 0. The standard InChI is InChI=1S/C28H32F3N3O4/c29-28(30,31)21-8-5-12-33(15-21)27(37)25-18-34(26(36)23-9-3-4-10-24(23)38-25)17-22(35)16-32-13-11-19-6-1-2-7-20(19)14-32/h1-4,6-7,9-10,21-22,25,35H,5,8,11-18H2/t21?,22-,25?/m1/s1. The Morgan fingerprint density at radius 3 is 2.55 bits per heavy atom. The first-order valence-electron chi connectivity index (χ1n) is 13.1. The fourth-order valence-electron chi connectivity index (χ4n) is 5.64. The van der Waals surface area contributed by atoms with Gasteiger partial charge in [-0.15, -0.1) is 0 Å². The van der Waals surface area contributed by atoms with Crippen LogP contribution in [-0.2, 0) is 17.8 Å². The minimum atomic E-state index is -4.38. The van der Waals surface area contributed by atoms with Gasteiger partial charge in [0.05, 0.1) is 24.1 Å². The first-order valence-corrected chi connectivity index (χ1v) is 13.1. The van der Waals surface area contributed by atoms with Gasteiger partial charge in [-0.3, -0.25) is 14.5 Å². The summed E-state index contributed by atoms with van der Waals surface area (Å²) < 4.78 is 46.0. The Labute approximate surface area is 219 Å². The lowest BCUT2D eigenvalue weighted by molar-refractivity contribution is -0.189. The predicted octanol–water partition coefficient (Wildman–Crippen LogP) is 3.11. The van der Waals surface area contributed by atoms with Crippen LogP contribution in [0.25, 0.3) is 0 Å². The summed E-state index contributed by atoms with van der Waals surface area (Å²) in [6, 6.07) is 14.7. The fourth-order valence-corrected chi connectivity index (χ4v) is 5.64. The van der Waals surface area contributed by atoms with E-state index < -0.39 is 36.8 Å². The summed E-state index contributed by atoms with van der Waals surface area (Å²) in [5, 5.41) is 11.0. The number of rotatable bonds is 5. The summed E-state index contributed by atoms with van der Waals surface area (Å²) >= 11 is 0. The van der Waals surface area contributed by atoms with Gasteiger partial charge in [-0.1, -0.05) is 36.4 Å². The lowest BCUT2D eigenvalue weighted by atomic mass is 9.97. The van der Waals surface area contributed by atoms with Crippen molar-refractivity contribution in [3.63, 3.8) is 0 Å². The fraction of sp³-hybridized carbons (Fsp3) is 0.500. The van der Waals surface area contributed by atoms with Crippen molar-refractivity contribution in [2.24, 2.45) is 5.92 Å². The summed E-state index contributed by atoms with van der Waals surface area (Å²) in [5.74, 6) is -2.32.